The van der Waals surface area contributed by atoms with Crippen LogP contribution in [-0.4, -0.2) is 25.2 Å². The predicted molar refractivity (Wildman–Crippen MR) is 155 cm³/mol. The number of hydrogen-bond donors (Lipinski definition) is 0. The van der Waals surface area contributed by atoms with Crippen molar-refractivity contribution in [1.82, 2.24) is 0 Å². The van der Waals surface area contributed by atoms with Crippen LogP contribution in [0.3, 0.4) is 0 Å². The van der Waals surface area contributed by atoms with E-state index in [-0.39, 0.29) is 33.8 Å². The molecule has 4 aromatic rings. The Labute approximate surface area is 250 Å². The standard InChI is InChI=1S/C34H26F4O6/c1-19(2)33(39)43-25-9-5-21(6-10-25)23-15-27(35)31(28(36)16-23)41-13-14-42-32-29(37)17-24(18-30(32)38)22-7-11-26(12-8-22)44-34(40)20(3)4/h5-12,15-18H,1,3,13-14H2,2,4H3. The molecule has 0 bridgehead atoms. The van der Waals surface area contributed by atoms with E-state index in [0.717, 1.165) is 24.3 Å². The first-order valence-electron chi connectivity index (χ1n) is 13.1. The van der Waals surface area contributed by atoms with Crippen LogP contribution in [0.4, 0.5) is 17.6 Å². The predicted octanol–water partition coefficient (Wildman–Crippen LogP) is 8.00. The largest absolute Gasteiger partial charge is 0.484 e. The molecule has 0 aliphatic heterocycles. The van der Waals surface area contributed by atoms with E-state index in [1.54, 1.807) is 0 Å². The van der Waals surface area contributed by atoms with Crippen LogP contribution in [0.15, 0.2) is 97.1 Å². The zero-order valence-corrected chi connectivity index (χ0v) is 23.7. The van der Waals surface area contributed by atoms with Gasteiger partial charge in [-0.25, -0.2) is 27.2 Å². The summed E-state index contributed by atoms with van der Waals surface area (Å²) >= 11 is 0. The molecule has 0 N–H and O–H groups in total. The third-order valence-corrected chi connectivity index (χ3v) is 6.07. The van der Waals surface area contributed by atoms with Gasteiger partial charge in [0.25, 0.3) is 0 Å². The molecule has 0 saturated heterocycles. The first kappa shape index (κ1) is 31.6. The molecule has 44 heavy (non-hydrogen) atoms. The molecule has 0 fully saturated rings. The fourth-order valence-corrected chi connectivity index (χ4v) is 3.84. The Balaban J connectivity index is 1.36. The van der Waals surface area contributed by atoms with Crippen molar-refractivity contribution in [3.63, 3.8) is 0 Å². The maximum atomic E-state index is 14.7. The van der Waals surface area contributed by atoms with Crippen LogP contribution in [0.2, 0.25) is 0 Å². The lowest BCUT2D eigenvalue weighted by Crippen LogP contribution is -2.12. The van der Waals surface area contributed by atoms with E-state index in [9.17, 15) is 27.2 Å². The number of hydrogen-bond acceptors (Lipinski definition) is 6. The molecule has 0 aromatic heterocycles. The number of halogens is 4. The van der Waals surface area contributed by atoms with Crippen molar-refractivity contribution in [3.05, 3.63) is 120 Å². The third-order valence-electron chi connectivity index (χ3n) is 6.07. The molecule has 0 heterocycles. The minimum absolute atomic E-state index is 0.202. The molecule has 0 atom stereocenters. The van der Waals surface area contributed by atoms with Crippen LogP contribution in [0.1, 0.15) is 13.8 Å². The molecule has 10 heteroatoms. The summed E-state index contributed by atoms with van der Waals surface area (Å²) in [7, 11) is 0. The molecular weight excluding hydrogens is 580 g/mol. The second kappa shape index (κ2) is 13.7. The Bertz CT molecular complexity index is 1560. The van der Waals surface area contributed by atoms with Gasteiger partial charge in [-0.05, 0) is 84.6 Å². The topological polar surface area (TPSA) is 71.1 Å². The second-order valence-electron chi connectivity index (χ2n) is 9.62. The van der Waals surface area contributed by atoms with E-state index in [1.165, 1.54) is 62.4 Å². The minimum Gasteiger partial charge on any atom is -0.484 e. The van der Waals surface area contributed by atoms with E-state index in [4.69, 9.17) is 18.9 Å². The molecule has 0 aliphatic rings. The minimum atomic E-state index is -1.00. The van der Waals surface area contributed by atoms with Crippen molar-refractivity contribution in [2.24, 2.45) is 0 Å². The molecule has 4 rings (SSSR count). The normalized spacial score (nSPS) is 10.6. The maximum absolute atomic E-state index is 14.7. The molecule has 0 radical (unpaired) electrons. The van der Waals surface area contributed by atoms with Crippen LogP contribution in [0, 0.1) is 23.3 Å². The fourth-order valence-electron chi connectivity index (χ4n) is 3.84. The highest BCUT2D eigenvalue weighted by Crippen LogP contribution is 2.32. The number of benzene rings is 4. The molecular formula is C34H26F4O6. The SMILES string of the molecule is C=C(C)C(=O)Oc1ccc(-c2cc(F)c(OCCOc3c(F)cc(-c4ccc(OC(=O)C(=C)C)cc4)cc3F)c(F)c2)cc1. The Morgan fingerprint density at radius 2 is 0.841 bits per heavy atom. The number of carbonyl (C=O) groups excluding carboxylic acids is 2. The Hall–Kier alpha value is -5.38. The van der Waals surface area contributed by atoms with Crippen LogP contribution in [0.25, 0.3) is 22.3 Å². The van der Waals surface area contributed by atoms with E-state index in [1.807, 2.05) is 0 Å². The molecule has 0 spiro atoms. The molecule has 0 saturated carbocycles. The van der Waals surface area contributed by atoms with Gasteiger partial charge < -0.3 is 18.9 Å². The highest BCUT2D eigenvalue weighted by molar-refractivity contribution is 5.89. The lowest BCUT2D eigenvalue weighted by atomic mass is 10.0. The number of esters is 2. The van der Waals surface area contributed by atoms with Gasteiger partial charge in [-0.1, -0.05) is 37.4 Å². The summed E-state index contributed by atoms with van der Waals surface area (Å²) in [4.78, 5) is 23.3. The number of rotatable bonds is 11. The highest BCUT2D eigenvalue weighted by atomic mass is 19.1. The zero-order valence-electron chi connectivity index (χ0n) is 23.7. The van der Waals surface area contributed by atoms with E-state index >= 15 is 0 Å². The summed E-state index contributed by atoms with van der Waals surface area (Å²) in [5.41, 5.74) is 1.74. The van der Waals surface area contributed by atoms with Gasteiger partial charge in [-0.3, -0.25) is 0 Å². The molecule has 4 aromatic carbocycles. The van der Waals surface area contributed by atoms with Crippen LogP contribution < -0.4 is 18.9 Å². The molecule has 0 amide bonds. The molecule has 0 aliphatic carbocycles. The summed E-state index contributed by atoms with van der Waals surface area (Å²) in [6.07, 6.45) is 0. The first-order valence-corrected chi connectivity index (χ1v) is 13.1. The van der Waals surface area contributed by atoms with Gasteiger partial charge >= 0.3 is 11.9 Å². The van der Waals surface area contributed by atoms with Gasteiger partial charge in [0.1, 0.15) is 24.7 Å². The number of ether oxygens (including phenoxy) is 4. The fraction of sp³-hybridized carbons (Fsp3) is 0.118. The Morgan fingerprint density at radius 3 is 1.11 bits per heavy atom. The van der Waals surface area contributed by atoms with Crippen molar-refractivity contribution in [1.29, 1.82) is 0 Å². The van der Waals surface area contributed by atoms with Crippen LogP contribution in [-0.2, 0) is 9.59 Å². The van der Waals surface area contributed by atoms with Crippen molar-refractivity contribution in [3.8, 4) is 45.3 Å². The van der Waals surface area contributed by atoms with Gasteiger partial charge in [0.05, 0.1) is 0 Å². The second-order valence-corrected chi connectivity index (χ2v) is 9.62. The molecule has 226 valence electrons. The van der Waals surface area contributed by atoms with Gasteiger partial charge in [-0.2, -0.15) is 0 Å². The quantitative estimate of drug-likeness (QED) is 0.0567. The monoisotopic (exact) mass is 606 g/mol. The van der Waals surface area contributed by atoms with Gasteiger partial charge in [0.15, 0.2) is 34.8 Å². The number of carbonyl (C=O) groups is 2. The van der Waals surface area contributed by atoms with E-state index < -0.39 is 59.9 Å². The average molecular weight is 607 g/mol. The summed E-state index contributed by atoms with van der Waals surface area (Å²) in [6.45, 7) is 9.17. The molecule has 6 nitrogen and oxygen atoms in total. The van der Waals surface area contributed by atoms with E-state index in [2.05, 4.69) is 13.2 Å². The van der Waals surface area contributed by atoms with Gasteiger partial charge in [0, 0.05) is 11.1 Å². The summed E-state index contributed by atoms with van der Waals surface area (Å²) in [5.74, 6) is -6.09. The Morgan fingerprint density at radius 1 is 0.545 bits per heavy atom. The van der Waals surface area contributed by atoms with Crippen molar-refractivity contribution < 1.29 is 46.1 Å². The maximum Gasteiger partial charge on any atom is 0.338 e. The third kappa shape index (κ3) is 7.71. The van der Waals surface area contributed by atoms with Gasteiger partial charge in [-0.15, -0.1) is 0 Å². The Kier molecular flexibility index (Phi) is 9.85. The lowest BCUT2D eigenvalue weighted by molar-refractivity contribution is -0.130. The van der Waals surface area contributed by atoms with Crippen molar-refractivity contribution in [2.75, 3.05) is 13.2 Å². The summed E-state index contributed by atoms with van der Waals surface area (Å²) in [5, 5.41) is 0. The van der Waals surface area contributed by atoms with Crippen molar-refractivity contribution >= 4 is 11.9 Å². The van der Waals surface area contributed by atoms with Crippen LogP contribution >= 0.6 is 0 Å². The average Bonchev–Trinajstić information content (AvgIpc) is 2.98. The summed E-state index contributed by atoms with van der Waals surface area (Å²) in [6, 6.07) is 16.2. The summed E-state index contributed by atoms with van der Waals surface area (Å²) < 4.78 is 79.4. The van der Waals surface area contributed by atoms with Gasteiger partial charge in [0.2, 0.25) is 0 Å². The van der Waals surface area contributed by atoms with Crippen molar-refractivity contribution in [2.45, 2.75) is 13.8 Å². The zero-order chi connectivity index (χ0) is 32.0. The smallest absolute Gasteiger partial charge is 0.338 e. The van der Waals surface area contributed by atoms with Crippen LogP contribution in [0.5, 0.6) is 23.0 Å². The molecule has 0 unspecified atom stereocenters. The highest BCUT2D eigenvalue weighted by Gasteiger charge is 2.17. The lowest BCUT2D eigenvalue weighted by Gasteiger charge is -2.13. The van der Waals surface area contributed by atoms with E-state index in [0.29, 0.717) is 11.1 Å². The first-order chi connectivity index (χ1) is 20.9.